The molecule has 7 heteroatoms. The molecule has 0 fully saturated rings. The summed E-state index contributed by atoms with van der Waals surface area (Å²) in [6, 6.07) is 5.10. The van der Waals surface area contributed by atoms with Crippen LogP contribution in [0.25, 0.3) is 0 Å². The van der Waals surface area contributed by atoms with Gasteiger partial charge in [-0.25, -0.2) is 0 Å². The molecule has 0 saturated carbocycles. The number of nitrogens with zero attached hydrogens (tertiary/aromatic N) is 2. The van der Waals surface area contributed by atoms with Crippen molar-refractivity contribution in [1.82, 2.24) is 15.1 Å². The summed E-state index contributed by atoms with van der Waals surface area (Å²) in [6.45, 7) is 3.08. The van der Waals surface area contributed by atoms with Gasteiger partial charge < -0.3 is 9.64 Å². The maximum absolute atomic E-state index is 12.7. The Morgan fingerprint density at radius 1 is 1.39 bits per heavy atom. The number of carbonyl (C=O) groups excluding carboxylic acids is 1. The van der Waals surface area contributed by atoms with E-state index in [0.29, 0.717) is 28.9 Å². The Kier molecular flexibility index (Phi) is 4.62. The number of aromatic amines is 1. The van der Waals surface area contributed by atoms with Gasteiger partial charge in [-0.2, -0.15) is 5.10 Å². The van der Waals surface area contributed by atoms with Crippen molar-refractivity contribution in [3.05, 3.63) is 50.8 Å². The number of amides is 1. The number of halogens is 2. The highest BCUT2D eigenvalue weighted by atomic mass is 35.5. The lowest BCUT2D eigenvalue weighted by atomic mass is 9.99. The standard InChI is InChI=1S/C16H17Cl2N3O2/c1-9-13-14(20-19-9)16(22)21(6-3-7-23-2)15(13)11-5-4-10(17)8-12(11)18/h4-5,8,15H,3,6-7H2,1-2H3,(H,19,20). The highest BCUT2D eigenvalue weighted by Crippen LogP contribution is 2.42. The van der Waals surface area contributed by atoms with Crippen molar-refractivity contribution in [1.29, 1.82) is 0 Å². The first-order chi connectivity index (χ1) is 11.0. The number of rotatable bonds is 5. The molecule has 1 unspecified atom stereocenters. The molecule has 1 aliphatic heterocycles. The molecule has 2 aromatic rings. The zero-order valence-corrected chi connectivity index (χ0v) is 14.4. The SMILES string of the molecule is COCCCN1C(=O)c2n[nH]c(C)c2C1c1ccc(Cl)cc1Cl. The maximum atomic E-state index is 12.7. The fourth-order valence-electron chi connectivity index (χ4n) is 3.00. The number of carbonyl (C=O) groups is 1. The van der Waals surface area contributed by atoms with Crippen LogP contribution in [0.15, 0.2) is 18.2 Å². The first-order valence-corrected chi connectivity index (χ1v) is 8.10. The molecule has 1 N–H and O–H groups in total. The number of hydrogen-bond donors (Lipinski definition) is 1. The van der Waals surface area contributed by atoms with Crippen LogP contribution >= 0.6 is 23.2 Å². The van der Waals surface area contributed by atoms with Crippen LogP contribution in [0.4, 0.5) is 0 Å². The predicted molar refractivity (Wildman–Crippen MR) is 89.2 cm³/mol. The summed E-state index contributed by atoms with van der Waals surface area (Å²) >= 11 is 12.4. The third-order valence-electron chi connectivity index (χ3n) is 4.05. The summed E-state index contributed by atoms with van der Waals surface area (Å²) in [5, 5.41) is 8.17. The van der Waals surface area contributed by atoms with Gasteiger partial charge in [-0.15, -0.1) is 0 Å². The van der Waals surface area contributed by atoms with Crippen molar-refractivity contribution >= 4 is 29.1 Å². The normalized spacial score (nSPS) is 17.0. The van der Waals surface area contributed by atoms with Crippen LogP contribution in [0.2, 0.25) is 10.0 Å². The van der Waals surface area contributed by atoms with Crippen molar-refractivity contribution in [2.75, 3.05) is 20.3 Å². The van der Waals surface area contributed by atoms with Gasteiger partial charge in [0, 0.05) is 41.6 Å². The molecule has 0 bridgehead atoms. The summed E-state index contributed by atoms with van der Waals surface area (Å²) in [5.74, 6) is -0.0866. The van der Waals surface area contributed by atoms with Gasteiger partial charge in [0.2, 0.25) is 0 Å². The van der Waals surface area contributed by atoms with Gasteiger partial charge in [0.15, 0.2) is 5.69 Å². The minimum absolute atomic E-state index is 0.0866. The van der Waals surface area contributed by atoms with Gasteiger partial charge >= 0.3 is 0 Å². The largest absolute Gasteiger partial charge is 0.385 e. The van der Waals surface area contributed by atoms with E-state index < -0.39 is 0 Å². The molecule has 1 aliphatic rings. The summed E-state index contributed by atoms with van der Waals surface area (Å²) in [6.07, 6.45) is 0.747. The molecule has 23 heavy (non-hydrogen) atoms. The lowest BCUT2D eigenvalue weighted by Crippen LogP contribution is -2.31. The Morgan fingerprint density at radius 3 is 2.87 bits per heavy atom. The zero-order valence-electron chi connectivity index (χ0n) is 12.9. The van der Waals surface area contributed by atoms with E-state index in [1.807, 2.05) is 13.0 Å². The van der Waals surface area contributed by atoms with Gasteiger partial charge in [0.05, 0.1) is 6.04 Å². The lowest BCUT2D eigenvalue weighted by molar-refractivity contribution is 0.0723. The smallest absolute Gasteiger partial charge is 0.275 e. The summed E-state index contributed by atoms with van der Waals surface area (Å²) in [7, 11) is 1.65. The summed E-state index contributed by atoms with van der Waals surface area (Å²) in [5.41, 5.74) is 3.08. The van der Waals surface area contributed by atoms with Crippen LogP contribution in [0.5, 0.6) is 0 Å². The second kappa shape index (κ2) is 6.51. The van der Waals surface area contributed by atoms with E-state index in [4.69, 9.17) is 27.9 Å². The van der Waals surface area contributed by atoms with Crippen molar-refractivity contribution in [3.8, 4) is 0 Å². The number of fused-ring (bicyclic) bond motifs is 1. The Morgan fingerprint density at radius 2 is 2.17 bits per heavy atom. The Bertz CT molecular complexity index is 745. The number of H-pyrrole nitrogens is 1. The summed E-state index contributed by atoms with van der Waals surface area (Å²) < 4.78 is 5.10. The maximum Gasteiger partial charge on any atom is 0.275 e. The number of benzene rings is 1. The molecule has 1 aromatic carbocycles. The first-order valence-electron chi connectivity index (χ1n) is 7.34. The zero-order chi connectivity index (χ0) is 16.6. The summed E-state index contributed by atoms with van der Waals surface area (Å²) in [4.78, 5) is 14.5. The average Bonchev–Trinajstić information content (AvgIpc) is 3.01. The molecule has 0 radical (unpaired) electrons. The highest BCUT2D eigenvalue weighted by Gasteiger charge is 2.41. The average molecular weight is 354 g/mol. The number of ether oxygens (including phenoxy) is 1. The molecule has 1 aromatic heterocycles. The lowest BCUT2D eigenvalue weighted by Gasteiger charge is -2.27. The number of aryl methyl sites for hydroxylation is 1. The minimum atomic E-state index is -0.252. The Labute approximate surface area is 144 Å². The predicted octanol–water partition coefficient (Wildman–Crippen LogP) is 3.61. The molecule has 0 saturated heterocycles. The van der Waals surface area contributed by atoms with E-state index >= 15 is 0 Å². The molecule has 1 atom stereocenters. The molecule has 5 nitrogen and oxygen atoms in total. The van der Waals surface area contributed by atoms with Crippen molar-refractivity contribution in [2.24, 2.45) is 0 Å². The van der Waals surface area contributed by atoms with Crippen LogP contribution in [0.3, 0.4) is 0 Å². The van der Waals surface area contributed by atoms with Crippen LogP contribution < -0.4 is 0 Å². The number of nitrogens with one attached hydrogen (secondary N) is 1. The van der Waals surface area contributed by atoms with Crippen molar-refractivity contribution < 1.29 is 9.53 Å². The molecular weight excluding hydrogens is 337 g/mol. The highest BCUT2D eigenvalue weighted by molar-refractivity contribution is 6.35. The van der Waals surface area contributed by atoms with Crippen LogP contribution in [0, 0.1) is 6.92 Å². The van der Waals surface area contributed by atoms with Crippen LogP contribution in [-0.2, 0) is 4.74 Å². The third-order valence-corrected chi connectivity index (χ3v) is 4.61. The molecule has 1 amide bonds. The van der Waals surface area contributed by atoms with E-state index in [0.717, 1.165) is 23.2 Å². The number of aromatic nitrogens is 2. The topological polar surface area (TPSA) is 58.2 Å². The number of methoxy groups -OCH3 is 1. The fraction of sp³-hybridized carbons (Fsp3) is 0.375. The molecular formula is C16H17Cl2N3O2. The number of hydrogen-bond acceptors (Lipinski definition) is 3. The monoisotopic (exact) mass is 353 g/mol. The van der Waals surface area contributed by atoms with E-state index in [1.165, 1.54) is 0 Å². The van der Waals surface area contributed by atoms with E-state index in [1.54, 1.807) is 24.1 Å². The Balaban J connectivity index is 2.04. The van der Waals surface area contributed by atoms with Crippen molar-refractivity contribution in [3.63, 3.8) is 0 Å². The van der Waals surface area contributed by atoms with Gasteiger partial charge in [0.25, 0.3) is 5.91 Å². The van der Waals surface area contributed by atoms with Gasteiger partial charge in [-0.1, -0.05) is 29.3 Å². The van der Waals surface area contributed by atoms with E-state index in [9.17, 15) is 4.79 Å². The van der Waals surface area contributed by atoms with Crippen LogP contribution in [-0.4, -0.2) is 41.3 Å². The van der Waals surface area contributed by atoms with Gasteiger partial charge in [0.1, 0.15) is 0 Å². The quantitative estimate of drug-likeness (QED) is 0.835. The van der Waals surface area contributed by atoms with Gasteiger partial charge in [-0.05, 0) is 31.0 Å². The van der Waals surface area contributed by atoms with E-state index in [-0.39, 0.29) is 11.9 Å². The fourth-order valence-corrected chi connectivity index (χ4v) is 3.51. The van der Waals surface area contributed by atoms with Crippen LogP contribution in [0.1, 0.15) is 39.8 Å². The third kappa shape index (κ3) is 2.84. The van der Waals surface area contributed by atoms with E-state index in [2.05, 4.69) is 10.2 Å². The molecule has 0 spiro atoms. The molecule has 2 heterocycles. The molecule has 122 valence electrons. The molecule has 0 aliphatic carbocycles. The Hall–Kier alpha value is -1.56. The second-order valence-corrected chi connectivity index (χ2v) is 6.37. The minimum Gasteiger partial charge on any atom is -0.385 e. The van der Waals surface area contributed by atoms with Crippen molar-refractivity contribution in [2.45, 2.75) is 19.4 Å². The molecule has 3 rings (SSSR count). The first kappa shape index (κ1) is 16.3. The second-order valence-electron chi connectivity index (χ2n) is 5.52. The van der Waals surface area contributed by atoms with Gasteiger partial charge in [-0.3, -0.25) is 9.89 Å².